The van der Waals surface area contributed by atoms with Crippen LogP contribution < -0.4 is 5.56 Å². The van der Waals surface area contributed by atoms with Crippen LogP contribution in [0.15, 0.2) is 16.2 Å². The molecule has 2 heterocycles. The zero-order valence-corrected chi connectivity index (χ0v) is 14.4. The van der Waals surface area contributed by atoms with Crippen molar-refractivity contribution in [2.45, 2.75) is 63.1 Å². The molecule has 4 nitrogen and oxygen atoms in total. The minimum absolute atomic E-state index is 0.00824. The van der Waals surface area contributed by atoms with Gasteiger partial charge in [-0.2, -0.15) is 18.3 Å². The monoisotopic (exact) mass is 369 g/mol. The molecule has 2 aromatic rings. The van der Waals surface area contributed by atoms with E-state index < -0.39 is 17.3 Å². The lowest BCUT2D eigenvalue weighted by atomic mass is 10.1. The third kappa shape index (κ3) is 3.49. The summed E-state index contributed by atoms with van der Waals surface area (Å²) in [5.41, 5.74) is -1.25. The number of alkyl halides is 3. The van der Waals surface area contributed by atoms with E-state index in [0.29, 0.717) is 17.3 Å². The minimum atomic E-state index is -4.66. The van der Waals surface area contributed by atoms with Crippen molar-refractivity contribution in [2.75, 3.05) is 0 Å². The maximum absolute atomic E-state index is 13.2. The van der Waals surface area contributed by atoms with Crippen LogP contribution in [-0.2, 0) is 12.7 Å². The van der Waals surface area contributed by atoms with Crippen molar-refractivity contribution in [3.05, 3.63) is 43.8 Å². The van der Waals surface area contributed by atoms with Crippen LogP contribution in [0.2, 0.25) is 0 Å². The van der Waals surface area contributed by atoms with Gasteiger partial charge in [-0.3, -0.25) is 4.79 Å². The molecule has 0 atom stereocenters. The maximum atomic E-state index is 13.2. The van der Waals surface area contributed by atoms with Crippen molar-refractivity contribution in [3.63, 3.8) is 0 Å². The van der Waals surface area contributed by atoms with Crippen molar-refractivity contribution in [1.29, 1.82) is 0 Å². The van der Waals surface area contributed by atoms with E-state index in [0.717, 1.165) is 41.4 Å². The lowest BCUT2D eigenvalue weighted by Crippen LogP contribution is -2.31. The van der Waals surface area contributed by atoms with Crippen molar-refractivity contribution >= 4 is 11.3 Å². The lowest BCUT2D eigenvalue weighted by Gasteiger charge is -2.11. The van der Waals surface area contributed by atoms with Gasteiger partial charge in [0, 0.05) is 17.2 Å². The summed E-state index contributed by atoms with van der Waals surface area (Å²) in [5.74, 6) is 0.490. The first-order chi connectivity index (χ1) is 11.9. The fourth-order valence-electron chi connectivity index (χ4n) is 3.36. The zero-order chi connectivity index (χ0) is 17.6. The quantitative estimate of drug-likeness (QED) is 0.807. The molecule has 0 aromatic carbocycles. The third-order valence-electron chi connectivity index (χ3n) is 4.88. The first-order valence-electron chi connectivity index (χ1n) is 8.55. The second-order valence-electron chi connectivity index (χ2n) is 6.88. The van der Waals surface area contributed by atoms with E-state index >= 15 is 0 Å². The highest BCUT2D eigenvalue weighted by Crippen LogP contribution is 2.40. The molecule has 0 radical (unpaired) electrons. The first-order valence-corrected chi connectivity index (χ1v) is 9.43. The molecule has 25 heavy (non-hydrogen) atoms. The van der Waals surface area contributed by atoms with Crippen molar-refractivity contribution in [2.24, 2.45) is 0 Å². The molecular weight excluding hydrogens is 351 g/mol. The molecular formula is C17H18F3N3OS. The molecule has 0 aliphatic heterocycles. The number of nitrogens with zero attached hydrogens (tertiary/aromatic N) is 3. The van der Waals surface area contributed by atoms with Crippen LogP contribution in [0.1, 0.15) is 72.3 Å². The summed E-state index contributed by atoms with van der Waals surface area (Å²) in [6.45, 7) is -0.00824. The molecule has 0 unspecified atom stereocenters. The van der Waals surface area contributed by atoms with Crippen LogP contribution in [0, 0.1) is 0 Å². The number of halogens is 3. The largest absolute Gasteiger partial charge is 0.421 e. The van der Waals surface area contributed by atoms with Gasteiger partial charge in [-0.25, -0.2) is 9.67 Å². The van der Waals surface area contributed by atoms with Gasteiger partial charge in [-0.15, -0.1) is 11.3 Å². The van der Waals surface area contributed by atoms with Gasteiger partial charge >= 0.3 is 6.18 Å². The first kappa shape index (κ1) is 16.8. The summed E-state index contributed by atoms with van der Waals surface area (Å²) in [5, 5.41) is 7.03. The molecule has 0 saturated heterocycles. The molecule has 2 fully saturated rings. The Hall–Kier alpha value is -1.70. The fourth-order valence-corrected chi connectivity index (χ4v) is 4.34. The maximum Gasteiger partial charge on any atom is 0.421 e. The van der Waals surface area contributed by atoms with Crippen molar-refractivity contribution in [1.82, 2.24) is 14.8 Å². The topological polar surface area (TPSA) is 47.8 Å². The van der Waals surface area contributed by atoms with Gasteiger partial charge in [-0.1, -0.05) is 12.8 Å². The summed E-state index contributed by atoms with van der Waals surface area (Å²) in [6, 6.07) is 0.918. The SMILES string of the molecule is O=c1c(C(F)(F)F)cc(C2CC2)nn1Cc1csc(C2CCCC2)n1. The number of aromatic nitrogens is 3. The van der Waals surface area contributed by atoms with E-state index in [9.17, 15) is 18.0 Å². The highest BCUT2D eigenvalue weighted by atomic mass is 32.1. The Bertz CT molecular complexity index is 832. The second-order valence-corrected chi connectivity index (χ2v) is 7.77. The number of hydrogen-bond acceptors (Lipinski definition) is 4. The summed E-state index contributed by atoms with van der Waals surface area (Å²) >= 11 is 1.53. The molecule has 0 amide bonds. The predicted molar refractivity (Wildman–Crippen MR) is 87.9 cm³/mol. The minimum Gasteiger partial charge on any atom is -0.267 e. The summed E-state index contributed by atoms with van der Waals surface area (Å²) in [7, 11) is 0. The number of hydrogen-bond donors (Lipinski definition) is 0. The van der Waals surface area contributed by atoms with E-state index in [-0.39, 0.29) is 12.5 Å². The average Bonchev–Trinajstić information content (AvgIpc) is 3.06. The third-order valence-corrected chi connectivity index (χ3v) is 5.94. The summed E-state index contributed by atoms with van der Waals surface area (Å²) in [6.07, 6.45) is 1.59. The lowest BCUT2D eigenvalue weighted by molar-refractivity contribution is -0.139. The van der Waals surface area contributed by atoms with E-state index in [2.05, 4.69) is 10.1 Å². The van der Waals surface area contributed by atoms with Crippen molar-refractivity contribution in [3.8, 4) is 0 Å². The van der Waals surface area contributed by atoms with Gasteiger partial charge in [0.1, 0.15) is 5.56 Å². The molecule has 4 rings (SSSR count). The Labute approximate surface area is 146 Å². The van der Waals surface area contributed by atoms with Gasteiger partial charge in [0.25, 0.3) is 5.56 Å². The Morgan fingerprint density at radius 3 is 2.52 bits per heavy atom. The van der Waals surface area contributed by atoms with Crippen LogP contribution in [-0.4, -0.2) is 14.8 Å². The Morgan fingerprint density at radius 2 is 1.88 bits per heavy atom. The standard InChI is InChI=1S/C17H18F3N3OS/c18-17(19,20)13-7-14(10-5-6-10)22-23(16(13)24)8-12-9-25-15(21-12)11-3-1-2-4-11/h7,9-11H,1-6,8H2. The van der Waals surface area contributed by atoms with Crippen LogP contribution in [0.4, 0.5) is 13.2 Å². The molecule has 2 saturated carbocycles. The van der Waals surface area contributed by atoms with Crippen LogP contribution in [0.3, 0.4) is 0 Å². The smallest absolute Gasteiger partial charge is 0.267 e. The van der Waals surface area contributed by atoms with Crippen molar-refractivity contribution < 1.29 is 13.2 Å². The van der Waals surface area contributed by atoms with Gasteiger partial charge in [0.05, 0.1) is 22.9 Å². The zero-order valence-electron chi connectivity index (χ0n) is 13.6. The van der Waals surface area contributed by atoms with E-state index in [1.165, 1.54) is 24.2 Å². The van der Waals surface area contributed by atoms with E-state index in [4.69, 9.17) is 0 Å². The molecule has 134 valence electrons. The van der Waals surface area contributed by atoms with Gasteiger partial charge in [0.2, 0.25) is 0 Å². The fraction of sp³-hybridized carbons (Fsp3) is 0.588. The Morgan fingerprint density at radius 1 is 1.16 bits per heavy atom. The van der Waals surface area contributed by atoms with Crippen LogP contribution >= 0.6 is 11.3 Å². The van der Waals surface area contributed by atoms with E-state index in [1.807, 2.05) is 5.38 Å². The average molecular weight is 369 g/mol. The molecule has 0 spiro atoms. The molecule has 0 N–H and O–H groups in total. The van der Waals surface area contributed by atoms with E-state index in [1.54, 1.807) is 0 Å². The van der Waals surface area contributed by atoms with Crippen LogP contribution in [0.25, 0.3) is 0 Å². The predicted octanol–water partition coefficient (Wildman–Crippen LogP) is 4.30. The summed E-state index contributed by atoms with van der Waals surface area (Å²) < 4.78 is 40.5. The second kappa shape index (κ2) is 6.23. The molecule has 8 heteroatoms. The highest BCUT2D eigenvalue weighted by Gasteiger charge is 2.37. The van der Waals surface area contributed by atoms with Gasteiger partial charge < -0.3 is 0 Å². The summed E-state index contributed by atoms with van der Waals surface area (Å²) in [4.78, 5) is 16.8. The number of thiazole rings is 1. The van der Waals surface area contributed by atoms with Gasteiger partial charge in [-0.05, 0) is 31.7 Å². The molecule has 2 aromatic heterocycles. The highest BCUT2D eigenvalue weighted by molar-refractivity contribution is 7.09. The molecule has 2 aliphatic rings. The Kier molecular flexibility index (Phi) is 4.17. The Balaban J connectivity index is 1.65. The molecule has 2 aliphatic carbocycles. The van der Waals surface area contributed by atoms with Gasteiger partial charge in [0.15, 0.2) is 0 Å². The molecule has 0 bridgehead atoms. The normalized spacial score (nSPS) is 18.8. The number of rotatable bonds is 4. The van der Waals surface area contributed by atoms with Crippen LogP contribution in [0.5, 0.6) is 0 Å².